The first-order valence-electron chi connectivity index (χ1n) is 11.4. The predicted molar refractivity (Wildman–Crippen MR) is 139 cm³/mol. The van der Waals surface area contributed by atoms with Gasteiger partial charge in [-0.15, -0.1) is 0 Å². The van der Waals surface area contributed by atoms with E-state index in [9.17, 15) is 0 Å². The molecule has 0 bridgehead atoms. The highest BCUT2D eigenvalue weighted by atomic mass is 15.3. The van der Waals surface area contributed by atoms with Gasteiger partial charge in [0.1, 0.15) is 5.82 Å². The van der Waals surface area contributed by atoms with Crippen LogP contribution in [0.25, 0.3) is 28.6 Å². The van der Waals surface area contributed by atoms with Crippen molar-refractivity contribution in [1.82, 2.24) is 14.6 Å². The predicted octanol–water partition coefficient (Wildman–Crippen LogP) is 7.63. The first-order chi connectivity index (χ1) is 15.2. The van der Waals surface area contributed by atoms with Gasteiger partial charge in [-0.1, -0.05) is 78.6 Å². The molecule has 4 heteroatoms. The van der Waals surface area contributed by atoms with Gasteiger partial charge < -0.3 is 4.90 Å². The van der Waals surface area contributed by atoms with Crippen molar-refractivity contribution in [2.24, 2.45) is 5.41 Å². The van der Waals surface area contributed by atoms with Crippen LogP contribution in [-0.2, 0) is 0 Å². The Balaban J connectivity index is 2.22. The Kier molecular flexibility index (Phi) is 7.02. The Morgan fingerprint density at radius 1 is 1.16 bits per heavy atom. The zero-order valence-electron chi connectivity index (χ0n) is 20.3. The third kappa shape index (κ3) is 5.01. The van der Waals surface area contributed by atoms with Gasteiger partial charge in [-0.25, -0.2) is 4.98 Å². The third-order valence-electron chi connectivity index (χ3n) is 5.53. The van der Waals surface area contributed by atoms with E-state index in [4.69, 9.17) is 4.98 Å². The van der Waals surface area contributed by atoms with E-state index in [-0.39, 0.29) is 5.41 Å². The van der Waals surface area contributed by atoms with Crippen LogP contribution in [0.4, 0.5) is 5.82 Å². The Morgan fingerprint density at radius 2 is 1.91 bits per heavy atom. The molecule has 32 heavy (non-hydrogen) atoms. The molecule has 0 saturated heterocycles. The second-order valence-corrected chi connectivity index (χ2v) is 9.53. The molecule has 0 aliphatic rings. The highest BCUT2D eigenvalue weighted by Crippen LogP contribution is 2.32. The molecule has 1 aromatic carbocycles. The molecule has 0 amide bonds. The largest absolute Gasteiger partial charge is 0.331 e. The lowest BCUT2D eigenvalue weighted by molar-refractivity contribution is 0.404. The van der Waals surface area contributed by atoms with Crippen molar-refractivity contribution < 1.29 is 0 Å². The fraction of sp³-hybridized carbons (Fsp3) is 0.357. The second-order valence-electron chi connectivity index (χ2n) is 9.53. The lowest BCUT2D eigenvalue weighted by atomic mass is 9.90. The van der Waals surface area contributed by atoms with Crippen molar-refractivity contribution in [2.45, 2.75) is 53.9 Å². The minimum atomic E-state index is 0.142. The Hall–Kier alpha value is -3.14. The van der Waals surface area contributed by atoms with E-state index in [0.29, 0.717) is 0 Å². The van der Waals surface area contributed by atoms with Crippen LogP contribution in [0.15, 0.2) is 62.0 Å². The molecule has 3 rings (SSSR count). The average Bonchev–Trinajstić information content (AvgIpc) is 3.18. The number of hydrogen-bond acceptors (Lipinski definition) is 3. The maximum absolute atomic E-state index is 4.98. The summed E-state index contributed by atoms with van der Waals surface area (Å²) in [5, 5.41) is 4.65. The first-order valence-corrected chi connectivity index (χ1v) is 11.4. The Morgan fingerprint density at radius 3 is 2.53 bits per heavy atom. The van der Waals surface area contributed by atoms with Crippen molar-refractivity contribution in [2.75, 3.05) is 11.4 Å². The zero-order valence-corrected chi connectivity index (χ0v) is 20.3. The van der Waals surface area contributed by atoms with E-state index >= 15 is 0 Å². The molecule has 0 unspecified atom stereocenters. The molecular formula is C28H36N4. The maximum atomic E-state index is 4.98. The van der Waals surface area contributed by atoms with Crippen molar-refractivity contribution in [1.29, 1.82) is 0 Å². The van der Waals surface area contributed by atoms with Crippen LogP contribution in [0.3, 0.4) is 0 Å². The molecule has 0 radical (unpaired) electrons. The van der Waals surface area contributed by atoms with E-state index in [1.54, 1.807) is 0 Å². The molecule has 0 aliphatic heterocycles. The SMILES string of the molecule is C=Cc1cnn2c(N(CCC)C(=C)CC(C)(C)C)cc(-c3cccc(C(=C)CC)c3)nc12. The topological polar surface area (TPSA) is 33.4 Å². The minimum Gasteiger partial charge on any atom is -0.331 e. The molecule has 4 nitrogen and oxygen atoms in total. The van der Waals surface area contributed by atoms with Crippen LogP contribution >= 0.6 is 0 Å². The summed E-state index contributed by atoms with van der Waals surface area (Å²) in [5.74, 6) is 0.980. The van der Waals surface area contributed by atoms with Gasteiger partial charge in [0.2, 0.25) is 0 Å². The second kappa shape index (κ2) is 9.56. The summed E-state index contributed by atoms with van der Waals surface area (Å²) in [6.07, 6.45) is 6.46. The fourth-order valence-electron chi connectivity index (χ4n) is 3.92. The number of nitrogens with zero attached hydrogens (tertiary/aromatic N) is 4. The van der Waals surface area contributed by atoms with Gasteiger partial charge in [-0.3, -0.25) is 0 Å². The molecular weight excluding hydrogens is 392 g/mol. The van der Waals surface area contributed by atoms with Gasteiger partial charge in [0.25, 0.3) is 0 Å². The van der Waals surface area contributed by atoms with E-state index in [1.807, 2.05) is 16.8 Å². The number of allylic oxidation sites excluding steroid dienone is 2. The number of fused-ring (bicyclic) bond motifs is 1. The zero-order chi connectivity index (χ0) is 23.5. The molecule has 0 spiro atoms. The van der Waals surface area contributed by atoms with E-state index in [1.165, 1.54) is 0 Å². The summed E-state index contributed by atoms with van der Waals surface area (Å²) in [6.45, 7) is 24.5. The molecule has 3 aromatic rings. The quantitative estimate of drug-likeness (QED) is 0.351. The lowest BCUT2D eigenvalue weighted by Crippen LogP contribution is -2.28. The van der Waals surface area contributed by atoms with E-state index in [2.05, 4.69) is 94.7 Å². The standard InChI is InChI=1S/C28H36N4/c1-9-15-31(21(5)18-28(6,7)8)26-17-25(30-27-22(11-3)19-29-32(26)27)24-14-12-13-23(16-24)20(4)10-2/h11-14,16-17,19H,3-5,9-10,15,18H2,1-2,6-8H3. The van der Waals surface area contributed by atoms with Crippen LogP contribution in [0.5, 0.6) is 0 Å². The molecule has 168 valence electrons. The molecule has 0 saturated carbocycles. The number of aromatic nitrogens is 3. The summed E-state index contributed by atoms with van der Waals surface area (Å²) in [6, 6.07) is 10.6. The first kappa shape index (κ1) is 23.5. The molecule has 0 aliphatic carbocycles. The normalized spacial score (nSPS) is 11.5. The van der Waals surface area contributed by atoms with Crippen LogP contribution in [0.2, 0.25) is 0 Å². The fourth-order valence-corrected chi connectivity index (χ4v) is 3.92. The van der Waals surface area contributed by atoms with Gasteiger partial charge in [-0.05, 0) is 41.9 Å². The smallest absolute Gasteiger partial charge is 0.165 e. The molecule has 2 aromatic heterocycles. The van der Waals surface area contributed by atoms with Gasteiger partial charge in [0.15, 0.2) is 5.65 Å². The summed E-state index contributed by atoms with van der Waals surface area (Å²) >= 11 is 0. The average molecular weight is 429 g/mol. The van der Waals surface area contributed by atoms with E-state index < -0.39 is 0 Å². The van der Waals surface area contributed by atoms with Gasteiger partial charge in [-0.2, -0.15) is 9.61 Å². The van der Waals surface area contributed by atoms with Crippen molar-refractivity contribution in [3.63, 3.8) is 0 Å². The highest BCUT2D eigenvalue weighted by molar-refractivity contribution is 5.75. The van der Waals surface area contributed by atoms with Gasteiger partial charge in [0.05, 0.1) is 11.9 Å². The van der Waals surface area contributed by atoms with Crippen LogP contribution in [0, 0.1) is 5.41 Å². The molecule has 2 heterocycles. The van der Waals surface area contributed by atoms with Crippen LogP contribution < -0.4 is 4.90 Å². The molecule has 0 fully saturated rings. The summed E-state index contributed by atoms with van der Waals surface area (Å²) in [4.78, 5) is 7.27. The van der Waals surface area contributed by atoms with Crippen LogP contribution in [-0.4, -0.2) is 21.1 Å². The number of hydrogen-bond donors (Lipinski definition) is 0. The van der Waals surface area contributed by atoms with Crippen LogP contribution in [0.1, 0.15) is 65.0 Å². The summed E-state index contributed by atoms with van der Waals surface area (Å²) in [5.41, 5.74) is 7.19. The number of benzene rings is 1. The maximum Gasteiger partial charge on any atom is 0.165 e. The molecule has 0 atom stereocenters. The Bertz CT molecular complexity index is 1140. The van der Waals surface area contributed by atoms with E-state index in [0.717, 1.165) is 70.9 Å². The lowest BCUT2D eigenvalue weighted by Gasteiger charge is -2.31. The number of anilines is 1. The van der Waals surface area contributed by atoms with Crippen molar-refractivity contribution in [3.8, 4) is 11.3 Å². The number of rotatable bonds is 9. The Labute approximate surface area is 193 Å². The summed E-state index contributed by atoms with van der Waals surface area (Å²) in [7, 11) is 0. The van der Waals surface area contributed by atoms with Crippen molar-refractivity contribution >= 4 is 23.1 Å². The molecule has 0 N–H and O–H groups in total. The summed E-state index contributed by atoms with van der Waals surface area (Å²) < 4.78 is 1.92. The van der Waals surface area contributed by atoms with Gasteiger partial charge >= 0.3 is 0 Å². The highest BCUT2D eigenvalue weighted by Gasteiger charge is 2.21. The monoisotopic (exact) mass is 428 g/mol. The van der Waals surface area contributed by atoms with Gasteiger partial charge in [0, 0.05) is 29.4 Å². The minimum absolute atomic E-state index is 0.142. The third-order valence-corrected chi connectivity index (χ3v) is 5.53. The van der Waals surface area contributed by atoms with Crippen molar-refractivity contribution in [3.05, 3.63) is 73.1 Å².